The number of likely N-dealkylation sites (tertiary alicyclic amines) is 1. The number of rotatable bonds is 20. The predicted octanol–water partition coefficient (Wildman–Crippen LogP) is 4.24. The van der Waals surface area contributed by atoms with Crippen LogP contribution in [-0.4, -0.2) is 112 Å². The third kappa shape index (κ3) is 12.2. The van der Waals surface area contributed by atoms with E-state index in [1.807, 2.05) is 39.6 Å². The number of amides is 3. The molecule has 3 amide bonds. The molecular formula is C38H59N5O8S. The lowest BCUT2D eigenvalue weighted by atomic mass is 9.92. The molecule has 0 bridgehead atoms. The Bertz CT molecular complexity index is 1450. The molecular weight excluding hydrogens is 687 g/mol. The number of carboxylic acid groups (broad SMARTS) is 1. The van der Waals surface area contributed by atoms with Gasteiger partial charge in [0.2, 0.25) is 11.8 Å². The SMILES string of the molecule is CCC(C)C(NC(=O)C1CCCCN1C)C(=O)N(CCOC)[C@H](C[C@@H](O)c1nc(C(=O)N[C@@H](Cc2ccc(O)cc2)C[C@H](C)C(=O)O)cs1)C(C)C. The minimum absolute atomic E-state index is 0.0761. The number of thiazole rings is 1. The molecule has 2 heterocycles. The molecule has 1 aromatic heterocycles. The zero-order chi connectivity index (χ0) is 38.5. The molecule has 290 valence electrons. The number of carboxylic acids is 1. The van der Waals surface area contributed by atoms with Gasteiger partial charge in [-0.3, -0.25) is 24.1 Å². The van der Waals surface area contributed by atoms with Crippen LogP contribution in [0.2, 0.25) is 0 Å². The predicted molar refractivity (Wildman–Crippen MR) is 200 cm³/mol. The summed E-state index contributed by atoms with van der Waals surface area (Å²) in [4.78, 5) is 61.2. The van der Waals surface area contributed by atoms with Crippen molar-refractivity contribution in [1.82, 2.24) is 25.4 Å². The van der Waals surface area contributed by atoms with Crippen LogP contribution in [0.15, 0.2) is 29.6 Å². The Labute approximate surface area is 312 Å². The molecule has 52 heavy (non-hydrogen) atoms. The van der Waals surface area contributed by atoms with Crippen LogP contribution in [0.4, 0.5) is 0 Å². The molecule has 1 aliphatic heterocycles. The number of hydrogen-bond acceptors (Lipinski definition) is 10. The van der Waals surface area contributed by atoms with E-state index in [2.05, 4.69) is 15.6 Å². The first kappa shape index (κ1) is 42.8. The number of aromatic nitrogens is 1. The second-order valence-electron chi connectivity index (χ2n) is 14.5. The van der Waals surface area contributed by atoms with Gasteiger partial charge in [0, 0.05) is 37.5 Å². The molecule has 1 fully saturated rings. The largest absolute Gasteiger partial charge is 0.508 e. The number of methoxy groups -OCH3 is 1. The lowest BCUT2D eigenvalue weighted by Crippen LogP contribution is -2.59. The quantitative estimate of drug-likeness (QED) is 0.132. The number of phenolic OH excluding ortho intramolecular Hbond substituents is 1. The van der Waals surface area contributed by atoms with Crippen molar-refractivity contribution in [2.45, 2.75) is 110 Å². The summed E-state index contributed by atoms with van der Waals surface area (Å²) in [6, 6.07) is 4.50. The van der Waals surface area contributed by atoms with E-state index in [4.69, 9.17) is 4.74 Å². The van der Waals surface area contributed by atoms with Crippen molar-refractivity contribution < 1.29 is 39.2 Å². The topological polar surface area (TPSA) is 182 Å². The number of ether oxygens (including phenoxy) is 1. The number of nitrogens with zero attached hydrogens (tertiary/aromatic N) is 3. The smallest absolute Gasteiger partial charge is 0.306 e. The molecule has 1 saturated heterocycles. The van der Waals surface area contributed by atoms with Gasteiger partial charge in [-0.05, 0) is 68.8 Å². The fraction of sp³-hybridized carbons (Fsp3) is 0.658. The number of carbonyl (C=O) groups is 4. The Kier molecular flexibility index (Phi) is 17.0. The highest BCUT2D eigenvalue weighted by atomic mass is 32.1. The van der Waals surface area contributed by atoms with Crippen molar-refractivity contribution in [3.05, 3.63) is 45.9 Å². The lowest BCUT2D eigenvalue weighted by molar-refractivity contribution is -0.143. The Balaban J connectivity index is 1.79. The summed E-state index contributed by atoms with van der Waals surface area (Å²) in [6.45, 7) is 10.8. The van der Waals surface area contributed by atoms with Gasteiger partial charge in [0.1, 0.15) is 28.6 Å². The van der Waals surface area contributed by atoms with Gasteiger partial charge < -0.3 is 35.6 Å². The van der Waals surface area contributed by atoms with Crippen LogP contribution in [0.25, 0.3) is 0 Å². The van der Waals surface area contributed by atoms with Crippen LogP contribution >= 0.6 is 11.3 Å². The molecule has 0 aliphatic carbocycles. The Hall–Kier alpha value is -3.59. The molecule has 0 saturated carbocycles. The molecule has 13 nitrogen and oxygen atoms in total. The van der Waals surface area contributed by atoms with Gasteiger partial charge >= 0.3 is 5.97 Å². The van der Waals surface area contributed by atoms with E-state index in [0.717, 1.165) is 42.7 Å². The summed E-state index contributed by atoms with van der Waals surface area (Å²) >= 11 is 1.13. The minimum Gasteiger partial charge on any atom is -0.508 e. The zero-order valence-electron chi connectivity index (χ0n) is 31.7. The van der Waals surface area contributed by atoms with Gasteiger partial charge in [0.15, 0.2) is 0 Å². The first-order valence-corrected chi connectivity index (χ1v) is 19.3. The van der Waals surface area contributed by atoms with Crippen molar-refractivity contribution in [3.8, 4) is 5.75 Å². The normalized spacial score (nSPS) is 18.5. The third-order valence-corrected chi connectivity index (χ3v) is 11.1. The molecule has 3 rings (SSSR count). The van der Waals surface area contributed by atoms with Crippen LogP contribution in [0.1, 0.15) is 100 Å². The highest BCUT2D eigenvalue weighted by Gasteiger charge is 2.38. The lowest BCUT2D eigenvalue weighted by Gasteiger charge is -2.39. The fourth-order valence-electron chi connectivity index (χ4n) is 6.68. The maximum atomic E-state index is 14.4. The molecule has 14 heteroatoms. The number of likely N-dealkylation sites (N-methyl/N-ethyl adjacent to an activating group) is 1. The summed E-state index contributed by atoms with van der Waals surface area (Å²) in [7, 11) is 3.50. The van der Waals surface area contributed by atoms with Gasteiger partial charge in [0.25, 0.3) is 5.91 Å². The van der Waals surface area contributed by atoms with Crippen LogP contribution in [-0.2, 0) is 25.5 Å². The zero-order valence-corrected chi connectivity index (χ0v) is 32.5. The number of phenols is 1. The summed E-state index contributed by atoms with van der Waals surface area (Å²) < 4.78 is 5.39. The van der Waals surface area contributed by atoms with E-state index in [-0.39, 0.29) is 67.1 Å². The molecule has 0 spiro atoms. The molecule has 7 atom stereocenters. The maximum Gasteiger partial charge on any atom is 0.306 e. The number of benzene rings is 1. The highest BCUT2D eigenvalue weighted by molar-refractivity contribution is 7.09. The molecule has 5 N–H and O–H groups in total. The Morgan fingerprint density at radius 1 is 1.08 bits per heavy atom. The molecule has 2 aromatic rings. The van der Waals surface area contributed by atoms with Gasteiger partial charge in [-0.25, -0.2) is 4.98 Å². The maximum absolute atomic E-state index is 14.4. The summed E-state index contributed by atoms with van der Waals surface area (Å²) in [5, 5.41) is 38.5. The van der Waals surface area contributed by atoms with E-state index >= 15 is 0 Å². The molecule has 1 aromatic carbocycles. The molecule has 0 radical (unpaired) electrons. The van der Waals surface area contributed by atoms with E-state index in [1.165, 1.54) is 12.1 Å². The number of aliphatic carboxylic acids is 1. The van der Waals surface area contributed by atoms with Crippen molar-refractivity contribution in [1.29, 1.82) is 0 Å². The number of hydrogen-bond donors (Lipinski definition) is 5. The first-order valence-electron chi connectivity index (χ1n) is 18.4. The number of aliphatic hydroxyl groups is 1. The number of aliphatic hydroxyl groups excluding tert-OH is 1. The van der Waals surface area contributed by atoms with E-state index in [0.29, 0.717) is 17.8 Å². The van der Waals surface area contributed by atoms with Crippen LogP contribution in [0.3, 0.4) is 0 Å². The summed E-state index contributed by atoms with van der Waals surface area (Å²) in [5.74, 6) is -2.66. The van der Waals surface area contributed by atoms with Crippen LogP contribution in [0, 0.1) is 17.8 Å². The van der Waals surface area contributed by atoms with Crippen molar-refractivity contribution in [3.63, 3.8) is 0 Å². The van der Waals surface area contributed by atoms with Crippen molar-refractivity contribution >= 4 is 35.0 Å². The van der Waals surface area contributed by atoms with Crippen LogP contribution < -0.4 is 10.6 Å². The monoisotopic (exact) mass is 745 g/mol. The minimum atomic E-state index is -1.09. The standard InChI is InChI=1S/C38H59N5O8S/c1-8-24(4)33(41-35(47)30-11-9-10-16-42(30)6)37(48)43(17-18-51-7)31(23(2)3)21-32(45)36-40-29(22-52-36)34(46)39-27(19-25(5)38(49)50)20-26-12-14-28(44)15-13-26/h12-15,22-25,27,30-33,44-45H,8-11,16-21H2,1-7H3,(H,39,46)(H,41,47)(H,49,50)/t24?,25-,27+,30?,31+,32+,33?/m0/s1. The second kappa shape index (κ2) is 20.6. The van der Waals surface area contributed by atoms with Gasteiger partial charge in [0.05, 0.1) is 18.6 Å². The fourth-order valence-corrected chi connectivity index (χ4v) is 7.47. The number of nitrogens with one attached hydrogen (secondary N) is 2. The van der Waals surface area contributed by atoms with E-state index in [9.17, 15) is 34.5 Å². The van der Waals surface area contributed by atoms with E-state index < -0.39 is 42.0 Å². The first-order chi connectivity index (χ1) is 24.7. The highest BCUT2D eigenvalue weighted by Crippen LogP contribution is 2.29. The summed E-state index contributed by atoms with van der Waals surface area (Å²) in [6.07, 6.45) is 3.00. The third-order valence-electron chi connectivity index (χ3n) is 10.2. The van der Waals surface area contributed by atoms with Crippen LogP contribution in [0.5, 0.6) is 5.75 Å². The van der Waals surface area contributed by atoms with Gasteiger partial charge in [-0.1, -0.05) is 59.6 Å². The molecule has 1 aliphatic rings. The molecule has 3 unspecified atom stereocenters. The van der Waals surface area contributed by atoms with Crippen molar-refractivity contribution in [2.24, 2.45) is 17.8 Å². The summed E-state index contributed by atoms with van der Waals surface area (Å²) in [5.41, 5.74) is 0.914. The average molecular weight is 746 g/mol. The number of carbonyl (C=O) groups excluding carboxylic acids is 3. The second-order valence-corrected chi connectivity index (χ2v) is 15.4. The van der Waals surface area contributed by atoms with E-state index in [1.54, 1.807) is 36.4 Å². The van der Waals surface area contributed by atoms with Crippen molar-refractivity contribution in [2.75, 3.05) is 33.9 Å². The number of aromatic hydroxyl groups is 1. The Morgan fingerprint density at radius 2 is 1.77 bits per heavy atom. The average Bonchev–Trinajstić information content (AvgIpc) is 3.61. The number of piperidine rings is 1. The van der Waals surface area contributed by atoms with Gasteiger partial charge in [-0.15, -0.1) is 11.3 Å². The Morgan fingerprint density at radius 3 is 2.37 bits per heavy atom. The van der Waals surface area contributed by atoms with Gasteiger partial charge in [-0.2, -0.15) is 0 Å².